The fraction of sp³-hybridized carbons (Fsp3) is 0.692. The van der Waals surface area contributed by atoms with Crippen molar-refractivity contribution < 1.29 is 9.84 Å². The third kappa shape index (κ3) is 11.3. The van der Waals surface area contributed by atoms with Crippen molar-refractivity contribution >= 4 is 0 Å². The van der Waals surface area contributed by atoms with Crippen molar-refractivity contribution in [1.29, 1.82) is 0 Å². The summed E-state index contributed by atoms with van der Waals surface area (Å²) >= 11 is 0. The standard InChI is InChI=1S/C13H24O2/c1-3-5-6-7-8-9-10-11-13(14)15-12-4-2/h3-4,13-14H,1-2,5-12H2. The second-order valence-corrected chi connectivity index (χ2v) is 3.71. The van der Waals surface area contributed by atoms with Gasteiger partial charge >= 0.3 is 0 Å². The molecule has 15 heavy (non-hydrogen) atoms. The average Bonchev–Trinajstić information content (AvgIpc) is 2.25. The molecule has 1 unspecified atom stereocenters. The highest BCUT2D eigenvalue weighted by Crippen LogP contribution is 2.09. The van der Waals surface area contributed by atoms with Crippen LogP contribution in [-0.4, -0.2) is 18.0 Å². The molecule has 1 atom stereocenters. The summed E-state index contributed by atoms with van der Waals surface area (Å²) in [5.41, 5.74) is 0. The number of ether oxygens (including phenoxy) is 1. The zero-order valence-electron chi connectivity index (χ0n) is 9.66. The third-order valence-electron chi connectivity index (χ3n) is 2.27. The topological polar surface area (TPSA) is 29.5 Å². The molecule has 0 aromatic carbocycles. The van der Waals surface area contributed by atoms with Crippen molar-refractivity contribution in [2.45, 2.75) is 51.2 Å². The molecule has 0 aliphatic carbocycles. The van der Waals surface area contributed by atoms with Gasteiger partial charge in [0.1, 0.15) is 0 Å². The Hall–Kier alpha value is -0.600. The fourth-order valence-electron chi connectivity index (χ4n) is 1.40. The summed E-state index contributed by atoms with van der Waals surface area (Å²) in [5.74, 6) is 0. The number of unbranched alkanes of at least 4 members (excludes halogenated alkanes) is 5. The van der Waals surface area contributed by atoms with Crippen molar-refractivity contribution in [3.05, 3.63) is 25.3 Å². The van der Waals surface area contributed by atoms with Gasteiger partial charge in [0, 0.05) is 0 Å². The lowest BCUT2D eigenvalue weighted by Crippen LogP contribution is -2.11. The summed E-state index contributed by atoms with van der Waals surface area (Å²) in [6.45, 7) is 7.65. The molecule has 2 heteroatoms. The third-order valence-corrected chi connectivity index (χ3v) is 2.27. The molecule has 0 aliphatic heterocycles. The first-order valence-corrected chi connectivity index (χ1v) is 5.82. The normalized spacial score (nSPS) is 12.3. The lowest BCUT2D eigenvalue weighted by atomic mass is 10.1. The molecule has 88 valence electrons. The molecule has 2 nitrogen and oxygen atoms in total. The summed E-state index contributed by atoms with van der Waals surface area (Å²) < 4.78 is 5.06. The lowest BCUT2D eigenvalue weighted by Gasteiger charge is -2.09. The van der Waals surface area contributed by atoms with Crippen LogP contribution in [0, 0.1) is 0 Å². The quantitative estimate of drug-likeness (QED) is 0.323. The monoisotopic (exact) mass is 212 g/mol. The van der Waals surface area contributed by atoms with Gasteiger partial charge in [0.05, 0.1) is 6.61 Å². The van der Waals surface area contributed by atoms with Crippen molar-refractivity contribution in [3.63, 3.8) is 0 Å². The molecule has 0 aromatic rings. The molecular weight excluding hydrogens is 188 g/mol. The molecule has 0 aromatic heterocycles. The van der Waals surface area contributed by atoms with E-state index in [0.717, 1.165) is 19.3 Å². The first kappa shape index (κ1) is 14.4. The molecule has 1 N–H and O–H groups in total. The van der Waals surface area contributed by atoms with E-state index in [9.17, 15) is 5.11 Å². The molecular formula is C13H24O2. The van der Waals surface area contributed by atoms with Crippen molar-refractivity contribution in [2.75, 3.05) is 6.61 Å². The van der Waals surface area contributed by atoms with Crippen LogP contribution >= 0.6 is 0 Å². The molecule has 0 saturated carbocycles. The van der Waals surface area contributed by atoms with E-state index in [-0.39, 0.29) is 0 Å². The van der Waals surface area contributed by atoms with Crippen LogP contribution in [-0.2, 0) is 4.74 Å². The first-order valence-electron chi connectivity index (χ1n) is 5.82. The van der Waals surface area contributed by atoms with Gasteiger partial charge in [0.15, 0.2) is 6.29 Å². The van der Waals surface area contributed by atoms with Crippen molar-refractivity contribution in [1.82, 2.24) is 0 Å². The van der Waals surface area contributed by atoms with Gasteiger partial charge in [0.25, 0.3) is 0 Å². The van der Waals surface area contributed by atoms with E-state index in [2.05, 4.69) is 13.2 Å². The van der Waals surface area contributed by atoms with Crippen molar-refractivity contribution in [3.8, 4) is 0 Å². The Morgan fingerprint density at radius 1 is 1.00 bits per heavy atom. The second kappa shape index (κ2) is 11.5. The molecule has 0 fully saturated rings. The number of aliphatic hydroxyl groups is 1. The van der Waals surface area contributed by atoms with Crippen LogP contribution in [0.4, 0.5) is 0 Å². The molecule has 0 radical (unpaired) electrons. The predicted octanol–water partition coefficient (Wildman–Crippen LogP) is 3.42. The van der Waals surface area contributed by atoms with Crippen LogP contribution in [0.2, 0.25) is 0 Å². The average molecular weight is 212 g/mol. The summed E-state index contributed by atoms with van der Waals surface area (Å²) in [4.78, 5) is 0. The van der Waals surface area contributed by atoms with Crippen molar-refractivity contribution in [2.24, 2.45) is 0 Å². The van der Waals surface area contributed by atoms with E-state index in [1.807, 2.05) is 6.08 Å². The minimum atomic E-state index is -0.615. The van der Waals surface area contributed by atoms with Crippen LogP contribution in [0.25, 0.3) is 0 Å². The number of allylic oxidation sites excluding steroid dienone is 1. The molecule has 0 spiro atoms. The summed E-state index contributed by atoms with van der Waals surface area (Å²) in [5, 5.41) is 9.34. The minimum Gasteiger partial charge on any atom is -0.368 e. The Bertz CT molecular complexity index is 155. The van der Waals surface area contributed by atoms with Gasteiger partial charge in [-0.25, -0.2) is 0 Å². The van der Waals surface area contributed by atoms with Gasteiger partial charge in [-0.1, -0.05) is 31.4 Å². The Morgan fingerprint density at radius 2 is 1.67 bits per heavy atom. The van der Waals surface area contributed by atoms with Gasteiger partial charge < -0.3 is 9.84 Å². The number of aliphatic hydroxyl groups excluding tert-OH is 1. The zero-order valence-corrected chi connectivity index (χ0v) is 9.66. The van der Waals surface area contributed by atoms with Gasteiger partial charge in [0.2, 0.25) is 0 Å². The highest BCUT2D eigenvalue weighted by atomic mass is 16.6. The first-order chi connectivity index (χ1) is 7.31. The van der Waals surface area contributed by atoms with E-state index < -0.39 is 6.29 Å². The number of hydrogen-bond donors (Lipinski definition) is 1. The maximum Gasteiger partial charge on any atom is 0.154 e. The highest BCUT2D eigenvalue weighted by Gasteiger charge is 2.01. The maximum atomic E-state index is 9.34. The van der Waals surface area contributed by atoms with Gasteiger partial charge in [-0.05, 0) is 25.7 Å². The SMILES string of the molecule is C=CCCCCCCCC(O)OCC=C. The van der Waals surface area contributed by atoms with Crippen LogP contribution < -0.4 is 0 Å². The zero-order chi connectivity index (χ0) is 11.4. The Kier molecular flexibility index (Phi) is 11.0. The van der Waals surface area contributed by atoms with E-state index in [1.54, 1.807) is 6.08 Å². The van der Waals surface area contributed by atoms with E-state index in [4.69, 9.17) is 4.74 Å². The molecule has 0 heterocycles. The summed E-state index contributed by atoms with van der Waals surface area (Å²) in [6, 6.07) is 0. The smallest absolute Gasteiger partial charge is 0.154 e. The van der Waals surface area contributed by atoms with Gasteiger partial charge in [-0.2, -0.15) is 0 Å². The second-order valence-electron chi connectivity index (χ2n) is 3.71. The van der Waals surface area contributed by atoms with E-state index >= 15 is 0 Å². The van der Waals surface area contributed by atoms with E-state index in [1.165, 1.54) is 25.7 Å². The Morgan fingerprint density at radius 3 is 2.33 bits per heavy atom. The van der Waals surface area contributed by atoms with Crippen LogP contribution in [0.5, 0.6) is 0 Å². The maximum absolute atomic E-state index is 9.34. The Balaban J connectivity index is 3.08. The van der Waals surface area contributed by atoms with Crippen LogP contribution in [0.15, 0.2) is 25.3 Å². The molecule has 0 saturated heterocycles. The molecule has 0 rings (SSSR count). The number of rotatable bonds is 11. The van der Waals surface area contributed by atoms with Crippen LogP contribution in [0.3, 0.4) is 0 Å². The lowest BCUT2D eigenvalue weighted by molar-refractivity contribution is -0.0937. The van der Waals surface area contributed by atoms with Gasteiger partial charge in [-0.3, -0.25) is 0 Å². The number of hydrogen-bond acceptors (Lipinski definition) is 2. The molecule has 0 aliphatic rings. The predicted molar refractivity (Wildman–Crippen MR) is 64.7 cm³/mol. The van der Waals surface area contributed by atoms with Gasteiger partial charge in [-0.15, -0.1) is 13.2 Å². The minimum absolute atomic E-state index is 0.431. The fourth-order valence-corrected chi connectivity index (χ4v) is 1.40. The highest BCUT2D eigenvalue weighted by molar-refractivity contribution is 4.65. The largest absolute Gasteiger partial charge is 0.368 e. The Labute approximate surface area is 93.6 Å². The molecule has 0 amide bonds. The molecule has 0 bridgehead atoms. The summed E-state index contributed by atoms with van der Waals surface area (Å²) in [7, 11) is 0. The summed E-state index contributed by atoms with van der Waals surface area (Å²) in [6.07, 6.45) is 10.8. The van der Waals surface area contributed by atoms with Crippen LogP contribution in [0.1, 0.15) is 44.9 Å². The van der Waals surface area contributed by atoms with E-state index in [0.29, 0.717) is 6.61 Å².